The topological polar surface area (TPSA) is 102 Å². The third kappa shape index (κ3) is 3.33. The summed E-state index contributed by atoms with van der Waals surface area (Å²) >= 11 is 0. The van der Waals surface area contributed by atoms with Crippen molar-refractivity contribution < 1.29 is 14.4 Å². The highest BCUT2D eigenvalue weighted by molar-refractivity contribution is 5.84. The van der Waals surface area contributed by atoms with Crippen LogP contribution in [0, 0.1) is 17.0 Å². The molecule has 0 saturated heterocycles. The van der Waals surface area contributed by atoms with E-state index in [9.17, 15) is 15.2 Å². The second-order valence-electron chi connectivity index (χ2n) is 6.25. The van der Waals surface area contributed by atoms with Gasteiger partial charge in [-0.2, -0.15) is 0 Å². The van der Waals surface area contributed by atoms with Crippen LogP contribution in [0.3, 0.4) is 0 Å². The minimum absolute atomic E-state index is 0.00260. The van der Waals surface area contributed by atoms with Crippen molar-refractivity contribution in [1.29, 1.82) is 0 Å². The van der Waals surface area contributed by atoms with Crippen molar-refractivity contribution in [3.05, 3.63) is 81.9 Å². The molecule has 0 bridgehead atoms. The SMILES string of the molecule is Cc1cccc2oc(-c3cc(N=Cc4cccc([N+](=O)[O-])c4)ccc3O)nc12. The second-order valence-corrected chi connectivity index (χ2v) is 6.25. The molecule has 4 aromatic rings. The number of aromatic nitrogens is 1. The van der Waals surface area contributed by atoms with Gasteiger partial charge in [0.15, 0.2) is 5.58 Å². The van der Waals surface area contributed by atoms with E-state index >= 15 is 0 Å². The highest BCUT2D eigenvalue weighted by Crippen LogP contribution is 2.34. The van der Waals surface area contributed by atoms with Crippen molar-refractivity contribution in [1.82, 2.24) is 4.98 Å². The summed E-state index contributed by atoms with van der Waals surface area (Å²) in [5, 5.41) is 21.1. The van der Waals surface area contributed by atoms with Crippen molar-refractivity contribution in [2.75, 3.05) is 0 Å². The summed E-state index contributed by atoms with van der Waals surface area (Å²) in [7, 11) is 0. The Morgan fingerprint density at radius 3 is 2.75 bits per heavy atom. The van der Waals surface area contributed by atoms with E-state index in [-0.39, 0.29) is 11.4 Å². The van der Waals surface area contributed by atoms with E-state index in [0.717, 1.165) is 11.1 Å². The van der Waals surface area contributed by atoms with Gasteiger partial charge in [0.25, 0.3) is 5.69 Å². The Labute approximate surface area is 159 Å². The van der Waals surface area contributed by atoms with E-state index in [0.29, 0.717) is 28.3 Å². The molecule has 0 aliphatic heterocycles. The number of phenolic OH excluding ortho intramolecular Hbond substituents is 1. The van der Waals surface area contributed by atoms with E-state index in [1.165, 1.54) is 24.4 Å². The number of nitro benzene ring substituents is 1. The molecular weight excluding hydrogens is 358 g/mol. The number of para-hydroxylation sites is 1. The number of hydrogen-bond acceptors (Lipinski definition) is 6. The van der Waals surface area contributed by atoms with Gasteiger partial charge in [-0.3, -0.25) is 15.1 Å². The lowest BCUT2D eigenvalue weighted by atomic mass is 10.1. The van der Waals surface area contributed by atoms with Crippen molar-refractivity contribution in [2.45, 2.75) is 6.92 Å². The van der Waals surface area contributed by atoms with Gasteiger partial charge in [0.1, 0.15) is 11.3 Å². The summed E-state index contributed by atoms with van der Waals surface area (Å²) in [6.45, 7) is 1.94. The molecule has 7 nitrogen and oxygen atoms in total. The molecule has 3 aromatic carbocycles. The number of aryl methyl sites for hydroxylation is 1. The molecule has 7 heteroatoms. The quantitative estimate of drug-likeness (QED) is 0.302. The van der Waals surface area contributed by atoms with Crippen molar-refractivity contribution >= 4 is 28.7 Å². The van der Waals surface area contributed by atoms with E-state index in [1.807, 2.05) is 25.1 Å². The number of fused-ring (bicyclic) bond motifs is 1. The summed E-state index contributed by atoms with van der Waals surface area (Å²) in [5.74, 6) is 0.327. The first kappa shape index (κ1) is 17.4. The average Bonchev–Trinajstić information content (AvgIpc) is 3.13. The van der Waals surface area contributed by atoms with E-state index in [1.54, 1.807) is 24.3 Å². The highest BCUT2D eigenvalue weighted by atomic mass is 16.6. The predicted molar refractivity (Wildman–Crippen MR) is 106 cm³/mol. The Bertz CT molecular complexity index is 1230. The lowest BCUT2D eigenvalue weighted by Gasteiger charge is -2.02. The molecule has 4 rings (SSSR count). The normalized spacial score (nSPS) is 11.3. The molecule has 138 valence electrons. The zero-order valence-corrected chi connectivity index (χ0v) is 14.9. The molecule has 0 spiro atoms. The largest absolute Gasteiger partial charge is 0.507 e. The summed E-state index contributed by atoms with van der Waals surface area (Å²) in [6, 6.07) is 16.6. The van der Waals surface area contributed by atoms with E-state index in [4.69, 9.17) is 4.42 Å². The van der Waals surface area contributed by atoms with Crippen LogP contribution in [0.5, 0.6) is 5.75 Å². The Kier molecular flexibility index (Phi) is 4.33. The zero-order valence-electron chi connectivity index (χ0n) is 14.9. The van der Waals surface area contributed by atoms with Crippen LogP contribution in [-0.4, -0.2) is 21.2 Å². The van der Waals surface area contributed by atoms with Gasteiger partial charge in [0.05, 0.1) is 16.2 Å². The van der Waals surface area contributed by atoms with Gasteiger partial charge in [-0.15, -0.1) is 0 Å². The monoisotopic (exact) mass is 373 g/mol. The van der Waals surface area contributed by atoms with Gasteiger partial charge in [-0.05, 0) is 42.3 Å². The number of rotatable bonds is 4. The molecule has 0 unspecified atom stereocenters. The van der Waals surface area contributed by atoms with Crippen molar-refractivity contribution in [2.24, 2.45) is 4.99 Å². The van der Waals surface area contributed by atoms with Gasteiger partial charge in [0.2, 0.25) is 5.89 Å². The van der Waals surface area contributed by atoms with Crippen LogP contribution in [0.4, 0.5) is 11.4 Å². The van der Waals surface area contributed by atoms with Crippen LogP contribution in [0.1, 0.15) is 11.1 Å². The average molecular weight is 373 g/mol. The maximum absolute atomic E-state index is 10.9. The van der Waals surface area contributed by atoms with Gasteiger partial charge in [0, 0.05) is 18.3 Å². The van der Waals surface area contributed by atoms with Crippen LogP contribution in [0.2, 0.25) is 0 Å². The maximum Gasteiger partial charge on any atom is 0.270 e. The number of phenols is 1. The molecule has 1 N–H and O–H groups in total. The fourth-order valence-corrected chi connectivity index (χ4v) is 2.84. The number of aliphatic imine (C=N–C) groups is 1. The predicted octanol–water partition coefficient (Wildman–Crippen LogP) is 5.17. The first-order valence-corrected chi connectivity index (χ1v) is 8.49. The fraction of sp³-hybridized carbons (Fsp3) is 0.0476. The minimum Gasteiger partial charge on any atom is -0.507 e. The van der Waals surface area contributed by atoms with Gasteiger partial charge >= 0.3 is 0 Å². The van der Waals surface area contributed by atoms with E-state index < -0.39 is 4.92 Å². The van der Waals surface area contributed by atoms with Crippen LogP contribution in [0.15, 0.2) is 70.1 Å². The number of oxazole rings is 1. The lowest BCUT2D eigenvalue weighted by molar-refractivity contribution is -0.384. The zero-order chi connectivity index (χ0) is 19.7. The van der Waals surface area contributed by atoms with Crippen LogP contribution < -0.4 is 0 Å². The number of nitrogens with zero attached hydrogens (tertiary/aromatic N) is 3. The number of non-ortho nitro benzene ring substituents is 1. The first-order chi connectivity index (χ1) is 13.5. The van der Waals surface area contributed by atoms with Gasteiger partial charge in [-0.25, -0.2) is 4.98 Å². The van der Waals surface area contributed by atoms with E-state index in [2.05, 4.69) is 9.98 Å². The maximum atomic E-state index is 10.9. The molecule has 0 aliphatic rings. The highest BCUT2D eigenvalue weighted by Gasteiger charge is 2.14. The smallest absolute Gasteiger partial charge is 0.270 e. The molecule has 0 atom stereocenters. The van der Waals surface area contributed by atoms with Crippen LogP contribution in [-0.2, 0) is 0 Å². The summed E-state index contributed by atoms with van der Waals surface area (Å²) in [5.41, 5.74) is 3.93. The minimum atomic E-state index is -0.453. The molecule has 0 saturated carbocycles. The Balaban J connectivity index is 1.70. The number of benzene rings is 3. The Morgan fingerprint density at radius 1 is 1.14 bits per heavy atom. The summed E-state index contributed by atoms with van der Waals surface area (Å²) in [6.07, 6.45) is 1.53. The lowest BCUT2D eigenvalue weighted by Crippen LogP contribution is -1.89. The second kappa shape index (κ2) is 6.96. The summed E-state index contributed by atoms with van der Waals surface area (Å²) in [4.78, 5) is 19.3. The van der Waals surface area contributed by atoms with Crippen molar-refractivity contribution in [3.8, 4) is 17.2 Å². The summed E-state index contributed by atoms with van der Waals surface area (Å²) < 4.78 is 5.78. The Morgan fingerprint density at radius 2 is 1.96 bits per heavy atom. The molecule has 0 fully saturated rings. The Hall–Kier alpha value is -4.00. The van der Waals surface area contributed by atoms with Crippen molar-refractivity contribution in [3.63, 3.8) is 0 Å². The fourth-order valence-electron chi connectivity index (χ4n) is 2.84. The van der Waals surface area contributed by atoms with Gasteiger partial charge < -0.3 is 9.52 Å². The molecular formula is C21H15N3O4. The molecule has 28 heavy (non-hydrogen) atoms. The molecule has 1 aromatic heterocycles. The number of nitro groups is 1. The van der Waals surface area contributed by atoms with Crippen LogP contribution >= 0.6 is 0 Å². The molecule has 0 radical (unpaired) electrons. The standard InChI is InChI=1S/C21H15N3O4/c1-13-4-2-7-19-20(13)23-21(28-19)17-11-15(8-9-18(17)25)22-12-14-5-3-6-16(10-14)24(26)27/h2-12,25H,1H3. The molecule has 1 heterocycles. The van der Waals surface area contributed by atoms with Gasteiger partial charge in [-0.1, -0.05) is 24.3 Å². The van der Waals surface area contributed by atoms with Crippen LogP contribution in [0.25, 0.3) is 22.6 Å². The third-order valence-corrected chi connectivity index (χ3v) is 4.27. The third-order valence-electron chi connectivity index (χ3n) is 4.27. The first-order valence-electron chi connectivity index (χ1n) is 8.49. The molecule has 0 amide bonds. The number of aromatic hydroxyl groups is 1. The number of hydrogen-bond donors (Lipinski definition) is 1. The molecule has 0 aliphatic carbocycles.